The molecule has 1 atom stereocenters. The fourth-order valence-corrected chi connectivity index (χ4v) is 2.18. The molecule has 0 aromatic heterocycles. The summed E-state index contributed by atoms with van der Waals surface area (Å²) >= 11 is 0. The zero-order chi connectivity index (χ0) is 15.5. The van der Waals surface area contributed by atoms with Crippen LogP contribution in [-0.4, -0.2) is 10.00 Å². The van der Waals surface area contributed by atoms with E-state index in [1.165, 1.54) is 0 Å². The Morgan fingerprint density at radius 2 is 1.25 bits per heavy atom. The van der Waals surface area contributed by atoms with E-state index in [0.29, 0.717) is 16.4 Å². The first-order valence-corrected chi connectivity index (χ1v) is 7.95. The van der Waals surface area contributed by atoms with Gasteiger partial charge in [0.15, 0.2) is 0 Å². The number of hydrogen-bond donors (Lipinski definition) is 2. The summed E-state index contributed by atoms with van der Waals surface area (Å²) in [4.78, 5) is 9.18. The lowest BCUT2D eigenvalue weighted by atomic mass is 10.0. The molecular weight excluding hydrogens is 271 g/mol. The van der Waals surface area contributed by atoms with Crippen molar-refractivity contribution in [2.24, 2.45) is 0 Å². The molecule has 0 heterocycles. The van der Waals surface area contributed by atoms with Gasteiger partial charge in [-0.05, 0) is 22.8 Å². The summed E-state index contributed by atoms with van der Waals surface area (Å²) in [7, 11) is -2.41. The average Bonchev–Trinajstić information content (AvgIpc) is 2.52. The molecule has 0 aliphatic heterocycles. The van der Waals surface area contributed by atoms with E-state index >= 15 is 0 Å². The standard InChI is InChI=1S/C12H9O3P.2C2H6/c13-11-7-3-1-5-9(11)10-6-2-4-8-12(10)16(14)15;2*1-2/h1-8H,(H-,13,14,15);2*1-2H3/p+1. The Balaban J connectivity index is 0.000000829. The first-order chi connectivity index (χ1) is 9.70. The molecular formula is C16H22O3P+. The molecule has 2 aromatic rings. The van der Waals surface area contributed by atoms with Gasteiger partial charge in [0, 0.05) is 11.1 Å². The van der Waals surface area contributed by atoms with Gasteiger partial charge < -0.3 is 5.11 Å². The van der Waals surface area contributed by atoms with Crippen molar-refractivity contribution in [2.45, 2.75) is 27.7 Å². The first kappa shape index (κ1) is 18.3. The molecule has 1 unspecified atom stereocenters. The Morgan fingerprint density at radius 3 is 1.75 bits per heavy atom. The summed E-state index contributed by atoms with van der Waals surface area (Å²) in [6, 6.07) is 13.5. The fraction of sp³-hybridized carbons (Fsp3) is 0.250. The Morgan fingerprint density at radius 1 is 0.800 bits per heavy atom. The van der Waals surface area contributed by atoms with Crippen molar-refractivity contribution in [3.63, 3.8) is 0 Å². The van der Waals surface area contributed by atoms with Gasteiger partial charge in [0.05, 0.1) is 0 Å². The average molecular weight is 293 g/mol. The van der Waals surface area contributed by atoms with E-state index < -0.39 is 8.03 Å². The van der Waals surface area contributed by atoms with Gasteiger partial charge in [0.1, 0.15) is 5.75 Å². The van der Waals surface area contributed by atoms with E-state index in [9.17, 15) is 14.6 Å². The summed E-state index contributed by atoms with van der Waals surface area (Å²) in [6.07, 6.45) is 0. The zero-order valence-electron chi connectivity index (χ0n) is 12.4. The molecule has 108 valence electrons. The third-order valence-electron chi connectivity index (χ3n) is 2.30. The highest BCUT2D eigenvalue weighted by Crippen LogP contribution is 2.31. The van der Waals surface area contributed by atoms with Crippen LogP contribution in [0.25, 0.3) is 11.1 Å². The lowest BCUT2D eigenvalue weighted by molar-refractivity contribution is 0.477. The molecule has 4 heteroatoms. The minimum atomic E-state index is -2.41. The second kappa shape index (κ2) is 10.1. The van der Waals surface area contributed by atoms with Crippen molar-refractivity contribution in [1.29, 1.82) is 0 Å². The SMILES string of the molecule is CC.CC.O=[P+](O)c1ccccc1-c1ccccc1O. The van der Waals surface area contributed by atoms with E-state index in [1.807, 2.05) is 27.7 Å². The van der Waals surface area contributed by atoms with Gasteiger partial charge in [0.25, 0.3) is 0 Å². The van der Waals surface area contributed by atoms with Crippen molar-refractivity contribution in [2.75, 3.05) is 0 Å². The molecule has 0 saturated carbocycles. The molecule has 2 N–H and O–H groups in total. The number of para-hydroxylation sites is 1. The second-order valence-corrected chi connectivity index (χ2v) is 4.33. The fourth-order valence-electron chi connectivity index (χ4n) is 1.57. The number of rotatable bonds is 2. The maximum atomic E-state index is 11.2. The van der Waals surface area contributed by atoms with Crippen LogP contribution in [0.2, 0.25) is 0 Å². The monoisotopic (exact) mass is 293 g/mol. The van der Waals surface area contributed by atoms with Gasteiger partial charge in [-0.3, -0.25) is 0 Å². The lowest BCUT2D eigenvalue weighted by Crippen LogP contribution is -2.00. The second-order valence-electron chi connectivity index (χ2n) is 3.31. The van der Waals surface area contributed by atoms with Crippen LogP contribution in [0.4, 0.5) is 0 Å². The molecule has 20 heavy (non-hydrogen) atoms. The number of phenolic OH excluding ortho intramolecular Hbond substituents is 1. The molecule has 0 bridgehead atoms. The van der Waals surface area contributed by atoms with Crippen molar-refractivity contribution >= 4 is 13.3 Å². The van der Waals surface area contributed by atoms with Crippen LogP contribution in [0.5, 0.6) is 5.75 Å². The largest absolute Gasteiger partial charge is 0.546 e. The molecule has 0 radical (unpaired) electrons. The van der Waals surface area contributed by atoms with Gasteiger partial charge in [-0.25, -0.2) is 0 Å². The van der Waals surface area contributed by atoms with Crippen LogP contribution in [0.1, 0.15) is 27.7 Å². The maximum absolute atomic E-state index is 11.2. The number of phenols is 1. The molecule has 0 amide bonds. The number of hydrogen-bond acceptors (Lipinski definition) is 2. The topological polar surface area (TPSA) is 57.5 Å². The van der Waals surface area contributed by atoms with E-state index in [0.717, 1.165) is 0 Å². The van der Waals surface area contributed by atoms with Gasteiger partial charge >= 0.3 is 8.03 Å². The van der Waals surface area contributed by atoms with E-state index in [2.05, 4.69) is 0 Å². The highest BCUT2D eigenvalue weighted by molar-refractivity contribution is 7.47. The Kier molecular flexibility index (Phi) is 9.27. The van der Waals surface area contributed by atoms with Crippen LogP contribution in [0.15, 0.2) is 48.5 Å². The smallest absolute Gasteiger partial charge is 0.507 e. The van der Waals surface area contributed by atoms with Crippen molar-refractivity contribution < 1.29 is 14.6 Å². The minimum Gasteiger partial charge on any atom is -0.507 e. The molecule has 0 saturated heterocycles. The molecule has 0 fully saturated rings. The molecule has 0 spiro atoms. The van der Waals surface area contributed by atoms with Crippen molar-refractivity contribution in [3.8, 4) is 16.9 Å². The molecule has 2 rings (SSSR count). The maximum Gasteiger partial charge on any atom is 0.546 e. The van der Waals surface area contributed by atoms with E-state index in [4.69, 9.17) is 0 Å². The summed E-state index contributed by atoms with van der Waals surface area (Å²) in [5.74, 6) is 0.104. The minimum absolute atomic E-state index is 0.104. The Labute approximate surface area is 121 Å². The van der Waals surface area contributed by atoms with Crippen molar-refractivity contribution in [1.82, 2.24) is 0 Å². The van der Waals surface area contributed by atoms with Crippen LogP contribution in [0, 0.1) is 0 Å². The third-order valence-corrected chi connectivity index (χ3v) is 3.11. The van der Waals surface area contributed by atoms with Crippen LogP contribution < -0.4 is 5.30 Å². The highest BCUT2D eigenvalue weighted by Gasteiger charge is 2.22. The Hall–Kier alpha value is -1.70. The third kappa shape index (κ3) is 4.76. The molecule has 3 nitrogen and oxygen atoms in total. The van der Waals surface area contributed by atoms with Crippen LogP contribution >= 0.6 is 8.03 Å². The van der Waals surface area contributed by atoms with E-state index in [-0.39, 0.29) is 5.75 Å². The van der Waals surface area contributed by atoms with E-state index in [1.54, 1.807) is 48.5 Å². The lowest BCUT2D eigenvalue weighted by Gasteiger charge is -2.03. The predicted molar refractivity (Wildman–Crippen MR) is 85.7 cm³/mol. The first-order valence-electron chi connectivity index (χ1n) is 6.73. The Bertz CT molecular complexity index is 539. The predicted octanol–water partition coefficient (Wildman–Crippen LogP) is 4.47. The number of benzene rings is 2. The van der Waals surface area contributed by atoms with Crippen molar-refractivity contribution in [3.05, 3.63) is 48.5 Å². The number of aromatic hydroxyl groups is 1. The zero-order valence-corrected chi connectivity index (χ0v) is 13.3. The van der Waals surface area contributed by atoms with Gasteiger partial charge in [-0.1, -0.05) is 58.0 Å². The highest BCUT2D eigenvalue weighted by atomic mass is 31.1. The quantitative estimate of drug-likeness (QED) is 0.803. The molecule has 2 aromatic carbocycles. The van der Waals surface area contributed by atoms with Gasteiger partial charge in [0.2, 0.25) is 5.30 Å². The molecule has 0 aliphatic carbocycles. The summed E-state index contributed by atoms with van der Waals surface area (Å²) in [5, 5.41) is 10.0. The van der Waals surface area contributed by atoms with Gasteiger partial charge in [-0.2, -0.15) is 4.89 Å². The van der Waals surface area contributed by atoms with Crippen LogP contribution in [0.3, 0.4) is 0 Å². The summed E-state index contributed by atoms with van der Waals surface area (Å²) < 4.78 is 11.2. The van der Waals surface area contributed by atoms with Gasteiger partial charge in [-0.15, -0.1) is 0 Å². The summed E-state index contributed by atoms with van der Waals surface area (Å²) in [5.41, 5.74) is 1.15. The summed E-state index contributed by atoms with van der Waals surface area (Å²) in [6.45, 7) is 8.00. The van der Waals surface area contributed by atoms with Crippen LogP contribution in [-0.2, 0) is 4.57 Å². The normalized spacial score (nSPS) is 9.55. The molecule has 0 aliphatic rings.